The van der Waals surface area contributed by atoms with Crippen LogP contribution in [-0.2, 0) is 20.7 Å². The van der Waals surface area contributed by atoms with Crippen molar-refractivity contribution >= 4 is 29.9 Å². The summed E-state index contributed by atoms with van der Waals surface area (Å²) in [6, 6.07) is 21.7. The summed E-state index contributed by atoms with van der Waals surface area (Å²) in [6.07, 6.45) is -1.25. The summed E-state index contributed by atoms with van der Waals surface area (Å²) in [4.78, 5) is 39.1. The van der Waals surface area contributed by atoms with Gasteiger partial charge in [-0.25, -0.2) is 14.1 Å². The number of carbonyl (C=O) groups is 3. The Bertz CT molecular complexity index is 1140. The van der Waals surface area contributed by atoms with Gasteiger partial charge < -0.3 is 9.53 Å². The minimum Gasteiger partial charge on any atom is -0.438 e. The quantitative estimate of drug-likeness (QED) is 0.420. The molecule has 1 unspecified atom stereocenters. The molecule has 3 aromatic carbocycles. The molecule has 7 heteroatoms. The Balaban J connectivity index is 1.73. The maximum atomic E-state index is 14.4. The van der Waals surface area contributed by atoms with E-state index in [4.69, 9.17) is 16.3 Å². The van der Waals surface area contributed by atoms with Gasteiger partial charge in [-0.05, 0) is 29.7 Å². The lowest BCUT2D eigenvalue weighted by Crippen LogP contribution is -2.40. The van der Waals surface area contributed by atoms with Gasteiger partial charge in [-0.2, -0.15) is 0 Å². The number of hydrogen-bond acceptors (Lipinski definition) is 4. The molecule has 4 rings (SSSR count). The molecule has 0 N–H and O–H groups in total. The largest absolute Gasteiger partial charge is 0.438 e. The molecule has 0 spiro atoms. The zero-order chi connectivity index (χ0) is 23.4. The van der Waals surface area contributed by atoms with Crippen molar-refractivity contribution in [2.75, 3.05) is 0 Å². The van der Waals surface area contributed by atoms with Crippen molar-refractivity contribution in [2.45, 2.75) is 25.0 Å². The molecule has 2 amide bonds. The van der Waals surface area contributed by atoms with E-state index in [0.717, 1.165) is 10.5 Å². The van der Waals surface area contributed by atoms with Crippen molar-refractivity contribution < 1.29 is 23.5 Å². The van der Waals surface area contributed by atoms with Crippen LogP contribution in [0.1, 0.15) is 35.3 Å². The van der Waals surface area contributed by atoms with Crippen molar-refractivity contribution in [3.05, 3.63) is 106 Å². The zero-order valence-electron chi connectivity index (χ0n) is 17.6. The molecule has 0 radical (unpaired) electrons. The second-order valence-electron chi connectivity index (χ2n) is 7.78. The molecular weight excluding hydrogens is 445 g/mol. The molecule has 1 saturated heterocycles. The minimum absolute atomic E-state index is 0.121. The molecule has 1 fully saturated rings. The number of rotatable bonds is 7. The Kier molecular flexibility index (Phi) is 6.84. The van der Waals surface area contributed by atoms with E-state index >= 15 is 0 Å². The first kappa shape index (κ1) is 22.7. The molecule has 1 aliphatic rings. The highest BCUT2D eigenvalue weighted by atomic mass is 35.5. The summed E-state index contributed by atoms with van der Waals surface area (Å²) in [5.74, 6) is -2.17. The van der Waals surface area contributed by atoms with Crippen LogP contribution >= 0.6 is 11.6 Å². The Morgan fingerprint density at radius 2 is 1.64 bits per heavy atom. The smallest absolute Gasteiger partial charge is 0.417 e. The molecule has 33 heavy (non-hydrogen) atoms. The highest BCUT2D eigenvalue weighted by molar-refractivity contribution is 6.31. The van der Waals surface area contributed by atoms with Gasteiger partial charge in [0, 0.05) is 22.9 Å². The van der Waals surface area contributed by atoms with Crippen LogP contribution in [0.3, 0.4) is 0 Å². The number of amides is 2. The number of imide groups is 1. The highest BCUT2D eigenvalue weighted by Crippen LogP contribution is 2.44. The van der Waals surface area contributed by atoms with Crippen molar-refractivity contribution in [2.24, 2.45) is 5.92 Å². The van der Waals surface area contributed by atoms with Gasteiger partial charge in [0.1, 0.15) is 18.1 Å². The summed E-state index contributed by atoms with van der Waals surface area (Å²) in [6.45, 7) is 0. The number of cyclic esters (lactones) is 1. The number of carbonyl (C=O) groups excluding carboxylic acids is 3. The lowest BCUT2D eigenvalue weighted by Gasteiger charge is -2.27. The van der Waals surface area contributed by atoms with Gasteiger partial charge in [0.25, 0.3) is 0 Å². The second-order valence-corrected chi connectivity index (χ2v) is 8.19. The fraction of sp³-hybridized carbons (Fsp3) is 0.192. The molecule has 0 aromatic heterocycles. The fourth-order valence-corrected chi connectivity index (χ4v) is 4.37. The van der Waals surface area contributed by atoms with Crippen LogP contribution in [0.5, 0.6) is 0 Å². The molecule has 168 valence electrons. The fourth-order valence-electron chi connectivity index (χ4n) is 4.13. The Hall–Kier alpha value is -3.51. The summed E-state index contributed by atoms with van der Waals surface area (Å²) in [7, 11) is 0. The average molecular weight is 466 g/mol. The average Bonchev–Trinajstić information content (AvgIpc) is 3.18. The first-order valence-corrected chi connectivity index (χ1v) is 10.9. The molecule has 0 saturated carbocycles. The Labute approximate surface area is 195 Å². The van der Waals surface area contributed by atoms with E-state index in [1.54, 1.807) is 0 Å². The van der Waals surface area contributed by atoms with E-state index in [1.165, 1.54) is 18.2 Å². The molecule has 3 atom stereocenters. The topological polar surface area (TPSA) is 63.7 Å². The van der Waals surface area contributed by atoms with E-state index in [0.29, 0.717) is 11.8 Å². The van der Waals surface area contributed by atoms with Gasteiger partial charge in [0.2, 0.25) is 5.91 Å². The third kappa shape index (κ3) is 4.66. The lowest BCUT2D eigenvalue weighted by molar-refractivity contribution is -0.135. The van der Waals surface area contributed by atoms with Crippen LogP contribution in [0.25, 0.3) is 0 Å². The third-order valence-electron chi connectivity index (χ3n) is 5.74. The molecule has 5 nitrogen and oxygen atoms in total. The second kappa shape index (κ2) is 9.96. The molecule has 0 aliphatic carbocycles. The highest BCUT2D eigenvalue weighted by Gasteiger charge is 2.48. The number of nitrogens with zero attached hydrogens (tertiary/aromatic N) is 1. The van der Waals surface area contributed by atoms with Gasteiger partial charge in [-0.15, -0.1) is 0 Å². The normalized spacial score (nSPS) is 18.6. The summed E-state index contributed by atoms with van der Waals surface area (Å²) in [5.41, 5.74) is 1.57. The maximum absolute atomic E-state index is 14.4. The van der Waals surface area contributed by atoms with Crippen molar-refractivity contribution in [1.82, 2.24) is 4.90 Å². The number of aldehydes is 1. The molecule has 3 aromatic rings. The molecule has 0 bridgehead atoms. The first-order valence-electron chi connectivity index (χ1n) is 10.5. The Morgan fingerprint density at radius 3 is 2.24 bits per heavy atom. The summed E-state index contributed by atoms with van der Waals surface area (Å²) < 4.78 is 20.1. The standard InChI is InChI=1S/C26H21ClFNO4/c27-21-12-7-13-22(28)20(21)16-19(14-15-30)25(31)29-23(17-8-3-1-4-9-17)24(33-26(29)32)18-10-5-2-6-11-18/h1-13,15,19,23-24H,14,16H2/t19?,23-,24+/m0/s1. The van der Waals surface area contributed by atoms with E-state index in [2.05, 4.69) is 0 Å². The predicted octanol–water partition coefficient (Wildman–Crippen LogP) is 5.69. The molecule has 1 aliphatic heterocycles. The van der Waals surface area contributed by atoms with Crippen molar-refractivity contribution in [1.29, 1.82) is 0 Å². The van der Waals surface area contributed by atoms with Crippen LogP contribution in [0.2, 0.25) is 5.02 Å². The van der Waals surface area contributed by atoms with Gasteiger partial charge in [-0.1, -0.05) is 78.3 Å². The third-order valence-corrected chi connectivity index (χ3v) is 6.09. The van der Waals surface area contributed by atoms with Gasteiger partial charge in [-0.3, -0.25) is 4.79 Å². The predicted molar refractivity (Wildman–Crippen MR) is 121 cm³/mol. The van der Waals surface area contributed by atoms with Crippen molar-refractivity contribution in [3.63, 3.8) is 0 Å². The number of benzene rings is 3. The van der Waals surface area contributed by atoms with Crippen LogP contribution in [0, 0.1) is 11.7 Å². The lowest BCUT2D eigenvalue weighted by atomic mass is 9.91. The van der Waals surface area contributed by atoms with Crippen LogP contribution < -0.4 is 0 Å². The summed E-state index contributed by atoms with van der Waals surface area (Å²) in [5, 5.41) is 0.157. The van der Waals surface area contributed by atoms with E-state index in [9.17, 15) is 18.8 Å². The minimum atomic E-state index is -0.981. The van der Waals surface area contributed by atoms with Gasteiger partial charge in [0.15, 0.2) is 6.10 Å². The van der Waals surface area contributed by atoms with Gasteiger partial charge >= 0.3 is 6.09 Å². The monoisotopic (exact) mass is 465 g/mol. The molecule has 1 heterocycles. The van der Waals surface area contributed by atoms with Crippen molar-refractivity contribution in [3.8, 4) is 0 Å². The Morgan fingerprint density at radius 1 is 1.00 bits per heavy atom. The maximum Gasteiger partial charge on any atom is 0.417 e. The first-order chi connectivity index (χ1) is 16.0. The van der Waals surface area contributed by atoms with Crippen LogP contribution in [-0.4, -0.2) is 23.2 Å². The number of hydrogen-bond donors (Lipinski definition) is 0. The van der Waals surface area contributed by atoms with Gasteiger partial charge in [0.05, 0.1) is 0 Å². The van der Waals surface area contributed by atoms with E-state index in [1.807, 2.05) is 60.7 Å². The zero-order valence-corrected chi connectivity index (χ0v) is 18.3. The number of ether oxygens (including phenoxy) is 1. The van der Waals surface area contributed by atoms with E-state index < -0.39 is 35.9 Å². The molecular formula is C26H21ClFNO4. The van der Waals surface area contributed by atoms with E-state index in [-0.39, 0.29) is 23.4 Å². The van der Waals surface area contributed by atoms with Crippen LogP contribution in [0.4, 0.5) is 9.18 Å². The van der Waals surface area contributed by atoms with Crippen LogP contribution in [0.15, 0.2) is 78.9 Å². The summed E-state index contributed by atoms with van der Waals surface area (Å²) >= 11 is 6.15. The SMILES string of the molecule is O=CCC(Cc1c(F)cccc1Cl)C(=O)N1C(=O)O[C@H](c2ccccc2)[C@@H]1c1ccccc1. The number of halogens is 2.